The van der Waals surface area contributed by atoms with E-state index in [0.29, 0.717) is 0 Å². The van der Waals surface area contributed by atoms with Crippen LogP contribution in [-0.2, 0) is 19.4 Å². The van der Waals surface area contributed by atoms with Crippen molar-refractivity contribution in [3.8, 4) is 0 Å². The fraction of sp³-hybridized carbons (Fsp3) is 0.310. The summed E-state index contributed by atoms with van der Waals surface area (Å²) in [5.41, 5.74) is 10.5. The largest absolute Gasteiger partial charge is 0.310 e. The van der Waals surface area contributed by atoms with Gasteiger partial charge >= 0.3 is 0 Å². The van der Waals surface area contributed by atoms with E-state index < -0.39 is 0 Å². The summed E-state index contributed by atoms with van der Waals surface area (Å²) in [7, 11) is 0. The molecule has 1 fully saturated rings. The zero-order valence-electron chi connectivity index (χ0n) is 17.6. The molecule has 0 saturated heterocycles. The van der Waals surface area contributed by atoms with Gasteiger partial charge in [-0.2, -0.15) is 0 Å². The summed E-state index contributed by atoms with van der Waals surface area (Å²) in [6.07, 6.45) is 13.3. The first-order chi connectivity index (χ1) is 14.8. The summed E-state index contributed by atoms with van der Waals surface area (Å²) in [6, 6.07) is 21.6. The third-order valence-corrected chi connectivity index (χ3v) is 7.07. The first-order valence-corrected chi connectivity index (χ1v) is 11.6. The quantitative estimate of drug-likeness (QED) is 0.508. The van der Waals surface area contributed by atoms with Crippen molar-refractivity contribution in [1.82, 2.24) is 5.32 Å². The van der Waals surface area contributed by atoms with Crippen molar-refractivity contribution >= 4 is 16.3 Å². The smallest absolute Gasteiger partial charge is 0.0208 e. The van der Waals surface area contributed by atoms with Crippen molar-refractivity contribution in [2.45, 2.75) is 57.5 Å². The van der Waals surface area contributed by atoms with Crippen LogP contribution in [0.5, 0.6) is 0 Å². The van der Waals surface area contributed by atoms with E-state index in [9.17, 15) is 0 Å². The van der Waals surface area contributed by atoms with Crippen LogP contribution in [-0.4, -0.2) is 6.04 Å². The lowest BCUT2D eigenvalue weighted by molar-refractivity contribution is 0.687. The fourth-order valence-corrected chi connectivity index (χ4v) is 5.27. The van der Waals surface area contributed by atoms with Crippen LogP contribution in [0.15, 0.2) is 72.3 Å². The average molecular weight is 392 g/mol. The van der Waals surface area contributed by atoms with E-state index in [2.05, 4.69) is 72.1 Å². The van der Waals surface area contributed by atoms with Crippen LogP contribution in [0.1, 0.15) is 59.9 Å². The monoisotopic (exact) mass is 391 g/mol. The number of hydrogen-bond acceptors (Lipinski definition) is 1. The molecule has 0 unspecified atom stereocenters. The Morgan fingerprint density at radius 1 is 0.833 bits per heavy atom. The van der Waals surface area contributed by atoms with Crippen LogP contribution < -0.4 is 5.32 Å². The Labute approximate surface area is 179 Å². The van der Waals surface area contributed by atoms with Gasteiger partial charge in [-0.05, 0) is 89.1 Å². The third-order valence-electron chi connectivity index (χ3n) is 7.07. The van der Waals surface area contributed by atoms with Crippen LogP contribution in [0.2, 0.25) is 0 Å². The van der Waals surface area contributed by atoms with E-state index >= 15 is 0 Å². The number of hydrogen-bond donors (Lipinski definition) is 1. The first kappa shape index (κ1) is 18.2. The highest BCUT2D eigenvalue weighted by atomic mass is 14.9. The van der Waals surface area contributed by atoms with Gasteiger partial charge in [0.15, 0.2) is 0 Å². The molecule has 1 nitrogen and oxygen atoms in total. The maximum atomic E-state index is 3.61. The molecule has 0 bridgehead atoms. The molecular formula is C29H29N. The van der Waals surface area contributed by atoms with E-state index in [0.717, 1.165) is 19.0 Å². The van der Waals surface area contributed by atoms with Gasteiger partial charge in [-0.15, -0.1) is 0 Å². The molecule has 3 aliphatic rings. The molecule has 0 aromatic heterocycles. The van der Waals surface area contributed by atoms with E-state index in [4.69, 9.17) is 0 Å². The van der Waals surface area contributed by atoms with Gasteiger partial charge in [-0.25, -0.2) is 0 Å². The minimum absolute atomic E-state index is 0.765. The number of benzene rings is 3. The zero-order valence-corrected chi connectivity index (χ0v) is 17.6. The highest BCUT2D eigenvalue weighted by Gasteiger charge is 2.22. The molecule has 0 aliphatic heterocycles. The van der Waals surface area contributed by atoms with Crippen molar-refractivity contribution in [3.05, 3.63) is 100 Å². The van der Waals surface area contributed by atoms with Crippen molar-refractivity contribution in [1.29, 1.82) is 0 Å². The lowest BCUT2D eigenvalue weighted by Crippen LogP contribution is -2.15. The highest BCUT2D eigenvalue weighted by molar-refractivity contribution is 5.96. The molecule has 3 aromatic rings. The van der Waals surface area contributed by atoms with Gasteiger partial charge in [-0.3, -0.25) is 0 Å². The molecule has 1 N–H and O–H groups in total. The van der Waals surface area contributed by atoms with Crippen molar-refractivity contribution < 1.29 is 0 Å². The number of nitrogens with one attached hydrogen (secondary N) is 1. The summed E-state index contributed by atoms with van der Waals surface area (Å²) in [5.74, 6) is 0. The highest BCUT2D eigenvalue weighted by Crippen LogP contribution is 2.41. The van der Waals surface area contributed by atoms with Gasteiger partial charge in [0.25, 0.3) is 0 Å². The van der Waals surface area contributed by atoms with Crippen LogP contribution in [0.3, 0.4) is 0 Å². The normalized spacial score (nSPS) is 17.9. The molecule has 1 saturated carbocycles. The molecule has 1 heteroatoms. The molecule has 0 amide bonds. The fourth-order valence-electron chi connectivity index (χ4n) is 5.27. The van der Waals surface area contributed by atoms with Crippen LogP contribution in [0.25, 0.3) is 16.3 Å². The predicted octanol–water partition coefficient (Wildman–Crippen LogP) is 6.73. The van der Waals surface area contributed by atoms with Gasteiger partial charge in [0, 0.05) is 12.6 Å². The average Bonchev–Trinajstić information content (AvgIpc) is 3.63. The molecule has 0 atom stereocenters. The standard InChI is InChI=1S/C29H29N/c1-2-7-26-22(4-1)12-17-28-27(26)16-13-23-5-3-6-24(29(23)28)18-20-8-10-21(11-9-20)19-30-25-14-15-25/h2-3,5-11,13,16,25,30H,1,4,12,14-15,17-19H2. The Balaban J connectivity index is 1.34. The summed E-state index contributed by atoms with van der Waals surface area (Å²) in [4.78, 5) is 0. The van der Waals surface area contributed by atoms with Gasteiger partial charge < -0.3 is 5.32 Å². The maximum absolute atomic E-state index is 3.61. The maximum Gasteiger partial charge on any atom is 0.0208 e. The third kappa shape index (κ3) is 3.42. The van der Waals surface area contributed by atoms with Crippen LogP contribution in [0, 0.1) is 0 Å². The Morgan fingerprint density at radius 3 is 2.57 bits per heavy atom. The molecular weight excluding hydrogens is 362 g/mol. The number of aryl methyl sites for hydroxylation is 1. The lowest BCUT2D eigenvalue weighted by Gasteiger charge is -2.26. The van der Waals surface area contributed by atoms with E-state index in [1.807, 2.05) is 0 Å². The molecule has 150 valence electrons. The summed E-state index contributed by atoms with van der Waals surface area (Å²) < 4.78 is 0. The molecule has 3 aliphatic carbocycles. The van der Waals surface area contributed by atoms with E-state index in [1.54, 1.807) is 11.1 Å². The summed E-state index contributed by atoms with van der Waals surface area (Å²) in [5, 5.41) is 6.50. The minimum atomic E-state index is 0.765. The van der Waals surface area contributed by atoms with Gasteiger partial charge in [0.05, 0.1) is 0 Å². The van der Waals surface area contributed by atoms with Gasteiger partial charge in [0.1, 0.15) is 0 Å². The van der Waals surface area contributed by atoms with E-state index in [1.165, 1.54) is 77.1 Å². The number of fused-ring (bicyclic) bond motifs is 4. The minimum Gasteiger partial charge on any atom is -0.310 e. The molecule has 3 aromatic carbocycles. The predicted molar refractivity (Wildman–Crippen MR) is 127 cm³/mol. The zero-order chi connectivity index (χ0) is 19.9. The Morgan fingerprint density at radius 2 is 1.70 bits per heavy atom. The summed E-state index contributed by atoms with van der Waals surface area (Å²) >= 11 is 0. The van der Waals surface area contributed by atoms with Gasteiger partial charge in [-0.1, -0.05) is 72.3 Å². The lowest BCUT2D eigenvalue weighted by atomic mass is 9.78. The first-order valence-electron chi connectivity index (χ1n) is 11.6. The van der Waals surface area contributed by atoms with Crippen LogP contribution in [0.4, 0.5) is 0 Å². The van der Waals surface area contributed by atoms with Crippen LogP contribution >= 0.6 is 0 Å². The number of allylic oxidation sites excluding steroid dienone is 4. The molecule has 0 radical (unpaired) electrons. The molecule has 0 heterocycles. The number of rotatable bonds is 5. The second kappa shape index (κ2) is 7.56. The SMILES string of the molecule is C1=CC2=C(CC1)CCc1c2ccc2cccc(Cc3ccc(CNC4CC4)cc3)c12. The topological polar surface area (TPSA) is 12.0 Å². The summed E-state index contributed by atoms with van der Waals surface area (Å²) in [6.45, 7) is 0.998. The van der Waals surface area contributed by atoms with E-state index in [-0.39, 0.29) is 0 Å². The van der Waals surface area contributed by atoms with Gasteiger partial charge in [0.2, 0.25) is 0 Å². The van der Waals surface area contributed by atoms with Crippen molar-refractivity contribution in [2.24, 2.45) is 0 Å². The van der Waals surface area contributed by atoms with Crippen molar-refractivity contribution in [3.63, 3.8) is 0 Å². The second-order valence-electron chi connectivity index (χ2n) is 9.21. The Kier molecular flexibility index (Phi) is 4.57. The second-order valence-corrected chi connectivity index (χ2v) is 9.21. The Hall–Kier alpha value is -2.64. The molecule has 30 heavy (non-hydrogen) atoms. The Bertz CT molecular complexity index is 1160. The molecule has 6 rings (SSSR count). The molecule has 0 spiro atoms. The van der Waals surface area contributed by atoms with Crippen molar-refractivity contribution in [2.75, 3.05) is 0 Å².